The Balaban J connectivity index is 1.91. The summed E-state index contributed by atoms with van der Waals surface area (Å²) >= 11 is 0. The molecule has 2 N–H and O–H groups in total. The summed E-state index contributed by atoms with van der Waals surface area (Å²) in [7, 11) is 3.20. The fourth-order valence-corrected chi connectivity index (χ4v) is 2.55. The van der Waals surface area contributed by atoms with Crippen LogP contribution in [0, 0.1) is 6.92 Å². The standard InChI is InChI=1S/C16H22N2O4/c1-10-8-13(21-2)14(22-3)9-11(10)6-7-17-16(20)12-4-5-15(19)18-12/h8-9,12H,4-7H2,1-3H3,(H,17,20)(H,18,19). The van der Waals surface area contributed by atoms with E-state index in [2.05, 4.69) is 10.6 Å². The van der Waals surface area contributed by atoms with Gasteiger partial charge in [0.2, 0.25) is 11.8 Å². The molecule has 1 aromatic rings. The first-order valence-corrected chi connectivity index (χ1v) is 7.33. The van der Waals surface area contributed by atoms with Crippen molar-refractivity contribution in [3.63, 3.8) is 0 Å². The zero-order chi connectivity index (χ0) is 16.1. The van der Waals surface area contributed by atoms with Gasteiger partial charge in [0.1, 0.15) is 6.04 Å². The van der Waals surface area contributed by atoms with Crippen molar-refractivity contribution in [1.29, 1.82) is 0 Å². The summed E-state index contributed by atoms with van der Waals surface area (Å²) in [6.07, 6.45) is 1.69. The lowest BCUT2D eigenvalue weighted by atomic mass is 10.0. The molecule has 1 saturated heterocycles. The number of rotatable bonds is 6. The van der Waals surface area contributed by atoms with Gasteiger partial charge in [0.25, 0.3) is 0 Å². The minimum absolute atomic E-state index is 0.0594. The molecule has 0 spiro atoms. The Kier molecular flexibility index (Phi) is 5.25. The smallest absolute Gasteiger partial charge is 0.242 e. The quantitative estimate of drug-likeness (QED) is 0.820. The lowest BCUT2D eigenvalue weighted by Gasteiger charge is -2.14. The molecule has 1 fully saturated rings. The second kappa shape index (κ2) is 7.15. The third-order valence-electron chi connectivity index (χ3n) is 3.85. The maximum atomic E-state index is 11.9. The number of hydrogen-bond acceptors (Lipinski definition) is 4. The van der Waals surface area contributed by atoms with Crippen LogP contribution in [-0.2, 0) is 16.0 Å². The maximum absolute atomic E-state index is 11.9. The van der Waals surface area contributed by atoms with E-state index in [4.69, 9.17) is 9.47 Å². The van der Waals surface area contributed by atoms with Gasteiger partial charge >= 0.3 is 0 Å². The van der Waals surface area contributed by atoms with Crippen LogP contribution in [0.2, 0.25) is 0 Å². The number of methoxy groups -OCH3 is 2. The zero-order valence-corrected chi connectivity index (χ0v) is 13.2. The van der Waals surface area contributed by atoms with Crippen molar-refractivity contribution < 1.29 is 19.1 Å². The predicted octanol–water partition coefficient (Wildman–Crippen LogP) is 0.950. The highest BCUT2D eigenvalue weighted by atomic mass is 16.5. The molecule has 6 heteroatoms. The number of amides is 2. The Morgan fingerprint density at radius 1 is 1.32 bits per heavy atom. The largest absolute Gasteiger partial charge is 0.493 e. The van der Waals surface area contributed by atoms with Gasteiger partial charge in [-0.25, -0.2) is 0 Å². The highest BCUT2D eigenvalue weighted by Gasteiger charge is 2.26. The first kappa shape index (κ1) is 16.1. The molecule has 2 rings (SSSR count). The molecule has 1 aliphatic heterocycles. The van der Waals surface area contributed by atoms with E-state index >= 15 is 0 Å². The van der Waals surface area contributed by atoms with Crippen molar-refractivity contribution in [2.75, 3.05) is 20.8 Å². The average Bonchev–Trinajstić information content (AvgIpc) is 2.95. The van der Waals surface area contributed by atoms with Crippen LogP contribution in [-0.4, -0.2) is 38.6 Å². The molecule has 1 aromatic carbocycles. The zero-order valence-electron chi connectivity index (χ0n) is 13.2. The molecular weight excluding hydrogens is 284 g/mol. The van der Waals surface area contributed by atoms with Crippen LogP contribution in [0.25, 0.3) is 0 Å². The topological polar surface area (TPSA) is 76.7 Å². The van der Waals surface area contributed by atoms with Crippen LogP contribution >= 0.6 is 0 Å². The first-order chi connectivity index (χ1) is 10.5. The summed E-state index contributed by atoms with van der Waals surface area (Å²) in [5.74, 6) is 1.19. The normalized spacial score (nSPS) is 17.0. The summed E-state index contributed by atoms with van der Waals surface area (Å²) in [5.41, 5.74) is 2.18. The summed E-state index contributed by atoms with van der Waals surface area (Å²) in [5, 5.41) is 5.52. The number of carbonyl (C=O) groups is 2. The van der Waals surface area contributed by atoms with E-state index in [0.29, 0.717) is 37.3 Å². The molecule has 0 radical (unpaired) electrons. The lowest BCUT2D eigenvalue weighted by Crippen LogP contribution is -2.42. The second-order valence-electron chi connectivity index (χ2n) is 5.33. The van der Waals surface area contributed by atoms with Gasteiger partial charge in [-0.3, -0.25) is 9.59 Å². The number of aryl methyl sites for hydroxylation is 1. The van der Waals surface area contributed by atoms with Gasteiger partial charge < -0.3 is 20.1 Å². The van der Waals surface area contributed by atoms with Crippen molar-refractivity contribution in [3.05, 3.63) is 23.3 Å². The van der Waals surface area contributed by atoms with Crippen LogP contribution < -0.4 is 20.1 Å². The molecule has 22 heavy (non-hydrogen) atoms. The van der Waals surface area contributed by atoms with Gasteiger partial charge in [-0.15, -0.1) is 0 Å². The highest BCUT2D eigenvalue weighted by Crippen LogP contribution is 2.30. The SMILES string of the molecule is COc1cc(C)c(CCNC(=O)C2CCC(=O)N2)cc1OC. The molecule has 0 saturated carbocycles. The molecule has 120 valence electrons. The molecule has 1 aliphatic rings. The van der Waals surface area contributed by atoms with E-state index in [-0.39, 0.29) is 17.9 Å². The van der Waals surface area contributed by atoms with Crippen molar-refractivity contribution >= 4 is 11.8 Å². The van der Waals surface area contributed by atoms with Gasteiger partial charge in [-0.1, -0.05) is 0 Å². The molecular formula is C16H22N2O4. The maximum Gasteiger partial charge on any atom is 0.242 e. The van der Waals surface area contributed by atoms with Crippen LogP contribution in [0.3, 0.4) is 0 Å². The van der Waals surface area contributed by atoms with Gasteiger partial charge in [-0.05, 0) is 43.0 Å². The Labute approximate surface area is 130 Å². The van der Waals surface area contributed by atoms with E-state index < -0.39 is 0 Å². The predicted molar refractivity (Wildman–Crippen MR) is 82.2 cm³/mol. The molecule has 0 aliphatic carbocycles. The van der Waals surface area contributed by atoms with Gasteiger partial charge in [0.15, 0.2) is 11.5 Å². The van der Waals surface area contributed by atoms with Gasteiger partial charge in [-0.2, -0.15) is 0 Å². The van der Waals surface area contributed by atoms with Crippen LogP contribution in [0.1, 0.15) is 24.0 Å². The van der Waals surface area contributed by atoms with Crippen molar-refractivity contribution in [2.24, 2.45) is 0 Å². The first-order valence-electron chi connectivity index (χ1n) is 7.33. The molecule has 0 aromatic heterocycles. The van der Waals surface area contributed by atoms with E-state index in [1.807, 2.05) is 19.1 Å². The molecule has 1 unspecified atom stereocenters. The highest BCUT2D eigenvalue weighted by molar-refractivity contribution is 5.90. The number of ether oxygens (including phenoxy) is 2. The molecule has 6 nitrogen and oxygen atoms in total. The van der Waals surface area contributed by atoms with E-state index in [1.165, 1.54) is 0 Å². The van der Waals surface area contributed by atoms with Gasteiger partial charge in [0, 0.05) is 13.0 Å². The minimum Gasteiger partial charge on any atom is -0.493 e. The van der Waals surface area contributed by atoms with Crippen LogP contribution in [0.4, 0.5) is 0 Å². The summed E-state index contributed by atoms with van der Waals surface area (Å²) in [6, 6.07) is 3.46. The number of carbonyl (C=O) groups excluding carboxylic acids is 2. The average molecular weight is 306 g/mol. The molecule has 1 heterocycles. The Morgan fingerprint density at radius 2 is 2.00 bits per heavy atom. The van der Waals surface area contributed by atoms with Crippen LogP contribution in [0.15, 0.2) is 12.1 Å². The second-order valence-corrected chi connectivity index (χ2v) is 5.33. The Morgan fingerprint density at radius 3 is 2.59 bits per heavy atom. The third-order valence-corrected chi connectivity index (χ3v) is 3.85. The summed E-state index contributed by atoms with van der Waals surface area (Å²) in [4.78, 5) is 23.0. The van der Waals surface area contributed by atoms with Crippen molar-refractivity contribution in [2.45, 2.75) is 32.2 Å². The monoisotopic (exact) mass is 306 g/mol. The van der Waals surface area contributed by atoms with Gasteiger partial charge in [0.05, 0.1) is 14.2 Å². The number of nitrogens with one attached hydrogen (secondary N) is 2. The fourth-order valence-electron chi connectivity index (χ4n) is 2.55. The van der Waals surface area contributed by atoms with E-state index in [9.17, 15) is 9.59 Å². The summed E-state index contributed by atoms with van der Waals surface area (Å²) < 4.78 is 10.5. The number of hydrogen-bond donors (Lipinski definition) is 2. The molecule has 1 atom stereocenters. The molecule has 0 bridgehead atoms. The lowest BCUT2D eigenvalue weighted by molar-refractivity contribution is -0.125. The van der Waals surface area contributed by atoms with Crippen molar-refractivity contribution in [3.8, 4) is 11.5 Å². The summed E-state index contributed by atoms with van der Waals surface area (Å²) in [6.45, 7) is 2.51. The minimum atomic E-state index is -0.390. The Bertz CT molecular complexity index is 572. The van der Waals surface area contributed by atoms with Crippen LogP contribution in [0.5, 0.6) is 11.5 Å². The number of benzene rings is 1. The van der Waals surface area contributed by atoms with Crippen molar-refractivity contribution in [1.82, 2.24) is 10.6 Å². The molecule has 2 amide bonds. The van der Waals surface area contributed by atoms with E-state index in [0.717, 1.165) is 11.1 Å². The van der Waals surface area contributed by atoms with E-state index in [1.54, 1.807) is 14.2 Å². The Hall–Kier alpha value is -2.24. The third kappa shape index (κ3) is 3.69. The fraction of sp³-hybridized carbons (Fsp3) is 0.500.